The zero-order chi connectivity index (χ0) is 26.9. The highest BCUT2D eigenvalue weighted by atomic mass is 16.3. The number of para-hydroxylation sites is 3. The third-order valence-corrected chi connectivity index (χ3v) is 8.32. The van der Waals surface area contributed by atoms with Crippen molar-refractivity contribution in [2.45, 2.75) is 0 Å². The first kappa shape index (κ1) is 22.3. The molecule has 0 aliphatic heterocycles. The van der Waals surface area contributed by atoms with Crippen LogP contribution < -0.4 is 0 Å². The fraction of sp³-hybridized carbons (Fsp3) is 0. The molecular formula is C38H24N2O. The standard InChI is InChI=1S/C38H24N2O/c1-4-12-25(13-5-1)26-20-23-34-32(24-26)29-21-22-31-35-30-18-10-11-19-33(30)40(28-16-8-3-9-17-28)38(35)41-37(31)36(29)39(34)27-14-6-2-7-15-27/h1-24H. The molecule has 6 aromatic carbocycles. The van der Waals surface area contributed by atoms with Gasteiger partial charge in [-0.2, -0.15) is 0 Å². The minimum atomic E-state index is 0.870. The van der Waals surface area contributed by atoms with Gasteiger partial charge in [-0.15, -0.1) is 0 Å². The number of nitrogens with zero attached hydrogens (tertiary/aromatic N) is 2. The summed E-state index contributed by atoms with van der Waals surface area (Å²) in [5, 5.41) is 5.86. The minimum Gasteiger partial charge on any atom is -0.437 e. The van der Waals surface area contributed by atoms with Crippen molar-refractivity contribution in [3.05, 3.63) is 146 Å². The zero-order valence-electron chi connectivity index (χ0n) is 22.2. The van der Waals surface area contributed by atoms with E-state index in [2.05, 4.69) is 155 Å². The molecule has 0 bridgehead atoms. The lowest BCUT2D eigenvalue weighted by atomic mass is 10.0. The topological polar surface area (TPSA) is 23.0 Å². The van der Waals surface area contributed by atoms with Crippen LogP contribution in [0.1, 0.15) is 0 Å². The number of benzene rings is 6. The lowest BCUT2D eigenvalue weighted by Crippen LogP contribution is -1.94. The van der Waals surface area contributed by atoms with Crippen LogP contribution in [0.25, 0.3) is 77.3 Å². The number of fused-ring (bicyclic) bond motifs is 9. The Morgan fingerprint density at radius 1 is 0.415 bits per heavy atom. The highest BCUT2D eigenvalue weighted by molar-refractivity contribution is 6.26. The van der Waals surface area contributed by atoms with E-state index >= 15 is 0 Å². The Hall–Kier alpha value is -5.54. The first-order valence-electron chi connectivity index (χ1n) is 14.0. The van der Waals surface area contributed by atoms with Gasteiger partial charge in [0.05, 0.1) is 21.9 Å². The second kappa shape index (κ2) is 8.48. The predicted molar refractivity (Wildman–Crippen MR) is 170 cm³/mol. The maximum Gasteiger partial charge on any atom is 0.213 e. The molecule has 0 aliphatic rings. The number of furan rings is 1. The summed E-state index contributed by atoms with van der Waals surface area (Å²) in [5.74, 6) is 0. The third-order valence-electron chi connectivity index (χ3n) is 8.32. The minimum absolute atomic E-state index is 0.870. The van der Waals surface area contributed by atoms with Gasteiger partial charge in [0.25, 0.3) is 0 Å². The summed E-state index contributed by atoms with van der Waals surface area (Å²) >= 11 is 0. The van der Waals surface area contributed by atoms with Crippen LogP contribution in [0.4, 0.5) is 0 Å². The van der Waals surface area contributed by atoms with Crippen molar-refractivity contribution >= 4 is 54.8 Å². The summed E-state index contributed by atoms with van der Waals surface area (Å²) in [6, 6.07) is 51.6. The molecule has 0 unspecified atom stereocenters. The van der Waals surface area contributed by atoms with Crippen LogP contribution in [0.3, 0.4) is 0 Å². The molecular weight excluding hydrogens is 500 g/mol. The molecule has 0 radical (unpaired) electrons. The van der Waals surface area contributed by atoms with Crippen molar-refractivity contribution in [2.75, 3.05) is 0 Å². The number of hydrogen-bond donors (Lipinski definition) is 0. The van der Waals surface area contributed by atoms with Crippen LogP contribution in [-0.2, 0) is 0 Å². The lowest BCUT2D eigenvalue weighted by molar-refractivity contribution is 0.647. The van der Waals surface area contributed by atoms with E-state index in [-0.39, 0.29) is 0 Å². The van der Waals surface area contributed by atoms with Gasteiger partial charge in [0.15, 0.2) is 5.58 Å². The van der Waals surface area contributed by atoms with Crippen LogP contribution >= 0.6 is 0 Å². The van der Waals surface area contributed by atoms with Gasteiger partial charge in [-0.05, 0) is 59.7 Å². The molecule has 0 atom stereocenters. The van der Waals surface area contributed by atoms with Crippen molar-refractivity contribution < 1.29 is 4.42 Å². The van der Waals surface area contributed by atoms with E-state index in [4.69, 9.17) is 4.42 Å². The van der Waals surface area contributed by atoms with Crippen LogP contribution in [0, 0.1) is 0 Å². The molecule has 0 saturated heterocycles. The highest BCUT2D eigenvalue weighted by Gasteiger charge is 2.23. The smallest absolute Gasteiger partial charge is 0.213 e. The lowest BCUT2D eigenvalue weighted by Gasteiger charge is -2.09. The van der Waals surface area contributed by atoms with Gasteiger partial charge in [-0.25, -0.2) is 0 Å². The van der Waals surface area contributed by atoms with E-state index in [0.717, 1.165) is 50.0 Å². The van der Waals surface area contributed by atoms with Crippen molar-refractivity contribution in [3.63, 3.8) is 0 Å². The van der Waals surface area contributed by atoms with Crippen LogP contribution in [0.15, 0.2) is 150 Å². The first-order chi connectivity index (χ1) is 20.4. The van der Waals surface area contributed by atoms with Crippen LogP contribution in [0.2, 0.25) is 0 Å². The molecule has 0 spiro atoms. The second-order valence-corrected chi connectivity index (χ2v) is 10.6. The van der Waals surface area contributed by atoms with E-state index in [9.17, 15) is 0 Å². The van der Waals surface area contributed by atoms with E-state index in [1.54, 1.807) is 0 Å². The average molecular weight is 525 g/mol. The average Bonchev–Trinajstić information content (AvgIpc) is 3.69. The van der Waals surface area contributed by atoms with Gasteiger partial charge in [0.2, 0.25) is 5.71 Å². The molecule has 192 valence electrons. The van der Waals surface area contributed by atoms with Gasteiger partial charge in [-0.1, -0.05) is 97.1 Å². The van der Waals surface area contributed by atoms with Gasteiger partial charge in [0.1, 0.15) is 0 Å². The van der Waals surface area contributed by atoms with E-state index in [0.29, 0.717) is 0 Å². The quantitative estimate of drug-likeness (QED) is 0.225. The second-order valence-electron chi connectivity index (χ2n) is 10.6. The maximum absolute atomic E-state index is 6.98. The molecule has 0 saturated carbocycles. The normalized spacial score (nSPS) is 11.9. The molecule has 0 aliphatic carbocycles. The Labute approximate surface area is 236 Å². The molecule has 3 nitrogen and oxygen atoms in total. The Morgan fingerprint density at radius 3 is 1.78 bits per heavy atom. The van der Waals surface area contributed by atoms with Gasteiger partial charge < -0.3 is 8.98 Å². The summed E-state index contributed by atoms with van der Waals surface area (Å²) in [5.41, 5.74) is 9.79. The van der Waals surface area contributed by atoms with Crippen molar-refractivity contribution in [3.8, 4) is 22.5 Å². The van der Waals surface area contributed by atoms with Crippen LogP contribution in [0.5, 0.6) is 0 Å². The number of rotatable bonds is 3. The number of aromatic nitrogens is 2. The monoisotopic (exact) mass is 524 g/mol. The van der Waals surface area contributed by atoms with Crippen molar-refractivity contribution in [1.29, 1.82) is 0 Å². The Kier molecular flexibility index (Phi) is 4.61. The molecule has 0 fully saturated rings. The van der Waals surface area contributed by atoms with Crippen molar-refractivity contribution in [1.82, 2.24) is 9.13 Å². The summed E-state index contributed by atoms with van der Waals surface area (Å²) in [4.78, 5) is 0. The highest BCUT2D eigenvalue weighted by Crippen LogP contribution is 2.44. The molecule has 41 heavy (non-hydrogen) atoms. The van der Waals surface area contributed by atoms with Crippen LogP contribution in [-0.4, -0.2) is 9.13 Å². The Morgan fingerprint density at radius 2 is 1.02 bits per heavy atom. The van der Waals surface area contributed by atoms with Gasteiger partial charge in [0, 0.05) is 32.9 Å². The SMILES string of the molecule is c1ccc(-c2ccc3c(c2)c2ccc4c(oc5c4c4ccccc4n5-c4ccccc4)c2n3-c2ccccc2)cc1. The van der Waals surface area contributed by atoms with Gasteiger partial charge in [-0.3, -0.25) is 4.57 Å². The van der Waals surface area contributed by atoms with Crippen molar-refractivity contribution in [2.24, 2.45) is 0 Å². The fourth-order valence-corrected chi connectivity index (χ4v) is 6.54. The molecule has 3 heteroatoms. The first-order valence-corrected chi connectivity index (χ1v) is 14.0. The summed E-state index contributed by atoms with van der Waals surface area (Å²) in [6.45, 7) is 0. The predicted octanol–water partition coefficient (Wildman–Crippen LogP) is 10.3. The number of hydrogen-bond acceptors (Lipinski definition) is 1. The molecule has 3 aromatic heterocycles. The van der Waals surface area contributed by atoms with Gasteiger partial charge >= 0.3 is 0 Å². The third kappa shape index (κ3) is 3.14. The Balaban J connectivity index is 1.46. The maximum atomic E-state index is 6.98. The molecule has 3 heterocycles. The molecule has 9 aromatic rings. The Bertz CT molecular complexity index is 2390. The van der Waals surface area contributed by atoms with E-state index in [1.165, 1.54) is 27.3 Å². The summed E-state index contributed by atoms with van der Waals surface area (Å²) < 4.78 is 11.6. The molecule has 9 rings (SSSR count). The molecule has 0 N–H and O–H groups in total. The molecule has 0 amide bonds. The summed E-state index contributed by atoms with van der Waals surface area (Å²) in [7, 11) is 0. The largest absolute Gasteiger partial charge is 0.437 e. The summed E-state index contributed by atoms with van der Waals surface area (Å²) in [6.07, 6.45) is 0. The zero-order valence-corrected chi connectivity index (χ0v) is 22.2. The van der Waals surface area contributed by atoms with E-state index < -0.39 is 0 Å². The van der Waals surface area contributed by atoms with E-state index in [1.807, 2.05) is 0 Å². The fourth-order valence-electron chi connectivity index (χ4n) is 6.54.